The lowest BCUT2D eigenvalue weighted by Gasteiger charge is -2.14. The van der Waals surface area contributed by atoms with Gasteiger partial charge in [0, 0.05) is 6.42 Å². The van der Waals surface area contributed by atoms with Gasteiger partial charge in [-0.3, -0.25) is 4.79 Å². The van der Waals surface area contributed by atoms with Crippen molar-refractivity contribution < 1.29 is 4.79 Å². The molecule has 92 valence electrons. The van der Waals surface area contributed by atoms with E-state index in [9.17, 15) is 4.79 Å². The summed E-state index contributed by atoms with van der Waals surface area (Å²) in [6, 6.07) is 8.32. The number of carbonyl (C=O) groups excluding carboxylic acids is 1. The van der Waals surface area contributed by atoms with E-state index in [0.717, 1.165) is 18.5 Å². The summed E-state index contributed by atoms with van der Waals surface area (Å²) in [6.07, 6.45) is 5.21. The summed E-state index contributed by atoms with van der Waals surface area (Å²) >= 11 is 0. The molecular formula is C15H21NO. The molecule has 2 rings (SSSR count). The first kappa shape index (κ1) is 12.3. The molecule has 1 aliphatic rings. The molecule has 0 aliphatic carbocycles. The summed E-state index contributed by atoms with van der Waals surface area (Å²) in [6.45, 7) is 3.06. The summed E-state index contributed by atoms with van der Waals surface area (Å²) in [4.78, 5) is 12.2. The van der Waals surface area contributed by atoms with Crippen LogP contribution in [0.2, 0.25) is 0 Å². The van der Waals surface area contributed by atoms with Crippen LogP contribution < -0.4 is 5.32 Å². The molecule has 1 unspecified atom stereocenters. The first-order chi connectivity index (χ1) is 8.25. The topological polar surface area (TPSA) is 29.1 Å². The number of hydrogen-bond acceptors (Lipinski definition) is 2. The third kappa shape index (κ3) is 3.67. The molecule has 2 nitrogen and oxygen atoms in total. The molecule has 0 saturated carbocycles. The molecule has 0 amide bonds. The highest BCUT2D eigenvalue weighted by Crippen LogP contribution is 2.12. The molecule has 17 heavy (non-hydrogen) atoms. The highest BCUT2D eigenvalue weighted by Gasteiger charge is 2.19. The first-order valence-corrected chi connectivity index (χ1v) is 6.57. The van der Waals surface area contributed by atoms with E-state index in [0.29, 0.717) is 12.2 Å². The fourth-order valence-corrected chi connectivity index (χ4v) is 2.45. The Hall–Kier alpha value is -1.15. The third-order valence-electron chi connectivity index (χ3n) is 3.41. The van der Waals surface area contributed by atoms with Crippen LogP contribution >= 0.6 is 0 Å². The van der Waals surface area contributed by atoms with Crippen LogP contribution in [0.1, 0.15) is 36.8 Å². The van der Waals surface area contributed by atoms with Crippen molar-refractivity contribution >= 4 is 5.78 Å². The zero-order valence-electron chi connectivity index (χ0n) is 10.5. The summed E-state index contributed by atoms with van der Waals surface area (Å²) in [5.74, 6) is 0.345. The van der Waals surface area contributed by atoms with E-state index in [1.165, 1.54) is 24.8 Å². The molecule has 1 fully saturated rings. The average Bonchev–Trinajstić information content (AvgIpc) is 2.57. The predicted octanol–water partition coefficient (Wildman–Crippen LogP) is 2.64. The van der Waals surface area contributed by atoms with Gasteiger partial charge in [0.25, 0.3) is 0 Å². The van der Waals surface area contributed by atoms with Gasteiger partial charge >= 0.3 is 0 Å². The van der Waals surface area contributed by atoms with E-state index in [4.69, 9.17) is 0 Å². The van der Waals surface area contributed by atoms with Gasteiger partial charge in [0.1, 0.15) is 0 Å². The van der Waals surface area contributed by atoms with E-state index in [1.54, 1.807) is 0 Å². The zero-order chi connectivity index (χ0) is 12.1. The number of ketones is 1. The van der Waals surface area contributed by atoms with Crippen LogP contribution in [0.4, 0.5) is 0 Å². The third-order valence-corrected chi connectivity index (χ3v) is 3.41. The lowest BCUT2D eigenvalue weighted by molar-refractivity contribution is -0.120. The summed E-state index contributed by atoms with van der Waals surface area (Å²) in [5.41, 5.74) is 2.37. The molecular weight excluding hydrogens is 210 g/mol. The SMILES string of the molecule is Cc1cccc(CC(=O)C2CCCCCN2)c1. The van der Waals surface area contributed by atoms with E-state index >= 15 is 0 Å². The number of Topliss-reactive ketones (excluding diaryl/α,β-unsaturated/α-hetero) is 1. The van der Waals surface area contributed by atoms with Gasteiger partial charge in [-0.1, -0.05) is 42.7 Å². The highest BCUT2D eigenvalue weighted by molar-refractivity contribution is 5.86. The van der Waals surface area contributed by atoms with Crippen molar-refractivity contribution in [3.8, 4) is 0 Å². The number of carbonyl (C=O) groups is 1. The molecule has 2 heteroatoms. The van der Waals surface area contributed by atoms with Crippen molar-refractivity contribution in [1.82, 2.24) is 5.32 Å². The van der Waals surface area contributed by atoms with Gasteiger partial charge in [-0.2, -0.15) is 0 Å². The normalized spacial score (nSPS) is 20.9. The van der Waals surface area contributed by atoms with E-state index in [-0.39, 0.29) is 6.04 Å². The van der Waals surface area contributed by atoms with Crippen LogP contribution in [0.3, 0.4) is 0 Å². The maximum atomic E-state index is 12.2. The van der Waals surface area contributed by atoms with E-state index in [2.05, 4.69) is 24.4 Å². The second-order valence-corrected chi connectivity index (χ2v) is 4.99. The molecule has 0 bridgehead atoms. The van der Waals surface area contributed by atoms with Crippen LogP contribution in [0.25, 0.3) is 0 Å². The van der Waals surface area contributed by atoms with Gasteiger partial charge in [0.2, 0.25) is 0 Å². The fourth-order valence-electron chi connectivity index (χ4n) is 2.45. The van der Waals surface area contributed by atoms with Gasteiger partial charge in [-0.05, 0) is 31.9 Å². The molecule has 1 atom stereocenters. The standard InChI is InChI=1S/C15H21NO/c1-12-6-5-7-13(10-12)11-15(17)14-8-3-2-4-9-16-14/h5-7,10,14,16H,2-4,8-9,11H2,1H3. The Balaban J connectivity index is 1.95. The Kier molecular flexibility index (Phi) is 4.32. The fraction of sp³-hybridized carbons (Fsp3) is 0.533. The summed E-state index contributed by atoms with van der Waals surface area (Å²) in [5, 5.41) is 3.37. The quantitative estimate of drug-likeness (QED) is 0.866. The van der Waals surface area contributed by atoms with Gasteiger partial charge in [-0.15, -0.1) is 0 Å². The van der Waals surface area contributed by atoms with Gasteiger partial charge in [0.05, 0.1) is 6.04 Å². The van der Waals surface area contributed by atoms with Crippen LogP contribution in [0.5, 0.6) is 0 Å². The van der Waals surface area contributed by atoms with Crippen molar-refractivity contribution in [3.05, 3.63) is 35.4 Å². The number of nitrogens with one attached hydrogen (secondary N) is 1. The van der Waals surface area contributed by atoms with Crippen molar-refractivity contribution in [2.75, 3.05) is 6.54 Å². The van der Waals surface area contributed by atoms with Gasteiger partial charge < -0.3 is 5.32 Å². The lowest BCUT2D eigenvalue weighted by atomic mass is 9.99. The molecule has 0 spiro atoms. The summed E-state index contributed by atoms with van der Waals surface area (Å²) in [7, 11) is 0. The second kappa shape index (κ2) is 5.97. The van der Waals surface area contributed by atoms with Gasteiger partial charge in [-0.25, -0.2) is 0 Å². The minimum atomic E-state index is 0.0815. The highest BCUT2D eigenvalue weighted by atomic mass is 16.1. The lowest BCUT2D eigenvalue weighted by Crippen LogP contribution is -2.36. The Bertz CT molecular complexity index is 378. The monoisotopic (exact) mass is 231 g/mol. The Morgan fingerprint density at radius 2 is 2.24 bits per heavy atom. The maximum Gasteiger partial charge on any atom is 0.154 e. The molecule has 1 heterocycles. The van der Waals surface area contributed by atoms with Crippen LogP contribution in [-0.2, 0) is 11.2 Å². The van der Waals surface area contributed by atoms with Crippen LogP contribution in [-0.4, -0.2) is 18.4 Å². The van der Waals surface area contributed by atoms with Crippen molar-refractivity contribution in [1.29, 1.82) is 0 Å². The Morgan fingerprint density at radius 3 is 3.06 bits per heavy atom. The van der Waals surface area contributed by atoms with Crippen molar-refractivity contribution in [2.24, 2.45) is 0 Å². The Morgan fingerprint density at radius 1 is 1.35 bits per heavy atom. The second-order valence-electron chi connectivity index (χ2n) is 4.99. The minimum Gasteiger partial charge on any atom is -0.307 e. The average molecular weight is 231 g/mol. The number of aryl methyl sites for hydroxylation is 1. The van der Waals surface area contributed by atoms with E-state index < -0.39 is 0 Å². The first-order valence-electron chi connectivity index (χ1n) is 6.57. The molecule has 0 aromatic heterocycles. The van der Waals surface area contributed by atoms with Crippen molar-refractivity contribution in [2.45, 2.75) is 45.1 Å². The predicted molar refractivity (Wildman–Crippen MR) is 70.1 cm³/mol. The molecule has 1 aromatic carbocycles. The number of rotatable bonds is 3. The number of hydrogen-bond donors (Lipinski definition) is 1. The molecule has 0 radical (unpaired) electrons. The maximum absolute atomic E-state index is 12.2. The minimum absolute atomic E-state index is 0.0815. The zero-order valence-corrected chi connectivity index (χ0v) is 10.5. The van der Waals surface area contributed by atoms with Crippen LogP contribution in [0, 0.1) is 6.92 Å². The summed E-state index contributed by atoms with van der Waals surface area (Å²) < 4.78 is 0. The molecule has 1 N–H and O–H groups in total. The largest absolute Gasteiger partial charge is 0.307 e. The molecule has 1 aliphatic heterocycles. The van der Waals surface area contributed by atoms with Gasteiger partial charge in [0.15, 0.2) is 5.78 Å². The van der Waals surface area contributed by atoms with Crippen LogP contribution in [0.15, 0.2) is 24.3 Å². The smallest absolute Gasteiger partial charge is 0.154 e. The Labute approximate surface area is 103 Å². The molecule has 1 saturated heterocycles. The van der Waals surface area contributed by atoms with E-state index in [1.807, 2.05) is 12.1 Å². The molecule has 1 aromatic rings. The number of benzene rings is 1. The van der Waals surface area contributed by atoms with Crippen molar-refractivity contribution in [3.63, 3.8) is 0 Å².